The van der Waals surface area contributed by atoms with Crippen LogP contribution in [0.5, 0.6) is 5.75 Å². The number of halogens is 2. The largest absolute Gasteiger partial charge is 0.497 e. The molecule has 3 amide bonds. The van der Waals surface area contributed by atoms with Gasteiger partial charge in [0, 0.05) is 11.8 Å². The maximum absolute atomic E-state index is 12.7. The number of imide groups is 1. The number of carbonyl (C=O) groups excluding carboxylic acids is 4. The van der Waals surface area contributed by atoms with Crippen molar-refractivity contribution >= 4 is 52.6 Å². The third kappa shape index (κ3) is 3.52. The summed E-state index contributed by atoms with van der Waals surface area (Å²) in [4.78, 5) is 50.5. The molecule has 3 aliphatic rings. The number of methoxy groups -OCH3 is 1. The molecule has 6 atom stereocenters. The lowest BCUT2D eigenvalue weighted by atomic mass is 9.80. The first kappa shape index (κ1) is 20.9. The molecule has 1 N–H and O–H groups in total. The number of fused-ring (bicyclic) bond motifs is 5. The first-order chi connectivity index (χ1) is 14.3. The Labute approximate surface area is 182 Å². The molecule has 1 saturated heterocycles. The molecule has 0 spiro atoms. The molecule has 1 heterocycles. The van der Waals surface area contributed by atoms with E-state index in [-0.39, 0.29) is 22.6 Å². The standard InChI is InChI=1S/C20H20Cl2N2O6/c1-29-10-4-2-3-9(5-10)23-13(25)8-30-14(26)7-24-19(27)15-11-6-12(16(15)20(24)28)18(22)17(11)21/h2-5,11-12,15-18H,6-8H2,1H3,(H,23,25)/t11-,12-,15-,16+,17-,18+/m1/s1. The number of anilines is 1. The van der Waals surface area contributed by atoms with Crippen LogP contribution in [0.25, 0.3) is 0 Å². The lowest BCUT2D eigenvalue weighted by Crippen LogP contribution is -2.38. The monoisotopic (exact) mass is 454 g/mol. The Morgan fingerprint density at radius 2 is 1.77 bits per heavy atom. The molecule has 1 aliphatic heterocycles. The van der Waals surface area contributed by atoms with Crippen LogP contribution in [0.2, 0.25) is 0 Å². The van der Waals surface area contributed by atoms with E-state index in [1.165, 1.54) is 7.11 Å². The summed E-state index contributed by atoms with van der Waals surface area (Å²) in [6.45, 7) is -1.08. The fourth-order valence-corrected chi connectivity index (χ4v) is 5.68. The van der Waals surface area contributed by atoms with Gasteiger partial charge in [0.05, 0.1) is 29.7 Å². The van der Waals surface area contributed by atoms with E-state index in [4.69, 9.17) is 32.7 Å². The number of nitrogens with one attached hydrogen (secondary N) is 1. The number of rotatable bonds is 6. The highest BCUT2D eigenvalue weighted by Gasteiger charge is 2.66. The van der Waals surface area contributed by atoms with E-state index in [9.17, 15) is 19.2 Å². The molecule has 2 bridgehead atoms. The second-order valence-electron chi connectivity index (χ2n) is 7.71. The van der Waals surface area contributed by atoms with Crippen LogP contribution in [-0.2, 0) is 23.9 Å². The number of ether oxygens (including phenoxy) is 2. The highest BCUT2D eigenvalue weighted by atomic mass is 35.5. The third-order valence-electron chi connectivity index (χ3n) is 6.08. The number of esters is 1. The Morgan fingerprint density at radius 1 is 1.13 bits per heavy atom. The Kier molecular flexibility index (Phi) is 5.63. The minimum Gasteiger partial charge on any atom is -0.497 e. The smallest absolute Gasteiger partial charge is 0.326 e. The van der Waals surface area contributed by atoms with Crippen molar-refractivity contribution in [3.05, 3.63) is 24.3 Å². The van der Waals surface area contributed by atoms with Crippen molar-refractivity contribution < 1.29 is 28.7 Å². The molecular weight excluding hydrogens is 435 g/mol. The van der Waals surface area contributed by atoms with E-state index in [0.717, 1.165) is 4.90 Å². The topological polar surface area (TPSA) is 102 Å². The summed E-state index contributed by atoms with van der Waals surface area (Å²) in [6.07, 6.45) is 0.651. The van der Waals surface area contributed by atoms with Gasteiger partial charge in [0.15, 0.2) is 6.61 Å². The number of benzene rings is 1. The highest BCUT2D eigenvalue weighted by Crippen LogP contribution is 2.59. The summed E-state index contributed by atoms with van der Waals surface area (Å²) in [7, 11) is 1.50. The predicted octanol–water partition coefficient (Wildman–Crippen LogP) is 1.64. The van der Waals surface area contributed by atoms with Crippen molar-refractivity contribution in [3.63, 3.8) is 0 Å². The molecule has 4 rings (SSSR count). The molecular formula is C20H20Cl2N2O6. The fraction of sp³-hybridized carbons (Fsp3) is 0.500. The third-order valence-corrected chi connectivity index (χ3v) is 7.40. The minimum atomic E-state index is -0.838. The average Bonchev–Trinajstić information content (AvgIpc) is 3.33. The van der Waals surface area contributed by atoms with Crippen molar-refractivity contribution in [2.45, 2.75) is 17.2 Å². The molecule has 160 valence electrons. The minimum absolute atomic E-state index is 0.157. The van der Waals surface area contributed by atoms with E-state index in [0.29, 0.717) is 17.9 Å². The van der Waals surface area contributed by atoms with Gasteiger partial charge in [-0.25, -0.2) is 0 Å². The van der Waals surface area contributed by atoms with Crippen LogP contribution < -0.4 is 10.1 Å². The molecule has 1 aromatic carbocycles. The van der Waals surface area contributed by atoms with Gasteiger partial charge in [-0.15, -0.1) is 23.2 Å². The molecule has 0 aromatic heterocycles. The number of hydrogen-bond donors (Lipinski definition) is 1. The zero-order valence-corrected chi connectivity index (χ0v) is 17.6. The number of nitrogens with zero attached hydrogens (tertiary/aromatic N) is 1. The van der Waals surface area contributed by atoms with Crippen LogP contribution in [0.4, 0.5) is 5.69 Å². The van der Waals surface area contributed by atoms with Gasteiger partial charge in [0.25, 0.3) is 5.91 Å². The quantitative estimate of drug-likeness (QED) is 0.398. The molecule has 0 radical (unpaired) electrons. The molecule has 2 aliphatic carbocycles. The second-order valence-corrected chi connectivity index (χ2v) is 8.72. The van der Waals surface area contributed by atoms with Crippen LogP contribution in [0.15, 0.2) is 24.3 Å². The summed E-state index contributed by atoms with van der Waals surface area (Å²) in [5.74, 6) is -3.02. The van der Waals surface area contributed by atoms with Gasteiger partial charge in [0.1, 0.15) is 12.3 Å². The van der Waals surface area contributed by atoms with E-state index in [1.54, 1.807) is 24.3 Å². The summed E-state index contributed by atoms with van der Waals surface area (Å²) in [5.41, 5.74) is 0.481. The lowest BCUT2D eigenvalue weighted by molar-refractivity contribution is -0.154. The van der Waals surface area contributed by atoms with Crippen LogP contribution >= 0.6 is 23.2 Å². The van der Waals surface area contributed by atoms with Crippen molar-refractivity contribution in [2.24, 2.45) is 23.7 Å². The van der Waals surface area contributed by atoms with Crippen molar-refractivity contribution in [1.82, 2.24) is 4.90 Å². The second kappa shape index (κ2) is 8.07. The van der Waals surface area contributed by atoms with E-state index < -0.39 is 48.7 Å². The van der Waals surface area contributed by atoms with E-state index >= 15 is 0 Å². The van der Waals surface area contributed by atoms with Crippen LogP contribution in [0.1, 0.15) is 6.42 Å². The predicted molar refractivity (Wildman–Crippen MR) is 107 cm³/mol. The van der Waals surface area contributed by atoms with Gasteiger partial charge in [-0.2, -0.15) is 0 Å². The first-order valence-electron chi connectivity index (χ1n) is 9.54. The van der Waals surface area contributed by atoms with Gasteiger partial charge in [-0.1, -0.05) is 6.07 Å². The molecule has 30 heavy (non-hydrogen) atoms. The Hall–Kier alpha value is -2.32. The SMILES string of the molecule is COc1cccc(NC(=O)COC(=O)CN2C(=O)[C@@H]3[C@H]4C[C@@H]([C@H](Cl)[C@@H]4Cl)[C@@H]3C2=O)c1. The molecule has 8 nitrogen and oxygen atoms in total. The van der Waals surface area contributed by atoms with Crippen LogP contribution in [-0.4, -0.2) is 59.6 Å². The summed E-state index contributed by atoms with van der Waals surface area (Å²) < 4.78 is 10.0. The van der Waals surface area contributed by atoms with Crippen LogP contribution in [0, 0.1) is 23.7 Å². The van der Waals surface area contributed by atoms with Crippen molar-refractivity contribution in [2.75, 3.05) is 25.6 Å². The Balaban J connectivity index is 1.31. The number of carbonyl (C=O) groups is 4. The highest BCUT2D eigenvalue weighted by molar-refractivity contribution is 6.31. The van der Waals surface area contributed by atoms with Gasteiger partial charge in [0.2, 0.25) is 11.8 Å². The van der Waals surface area contributed by atoms with Crippen molar-refractivity contribution in [1.29, 1.82) is 0 Å². The molecule has 3 fully saturated rings. The maximum Gasteiger partial charge on any atom is 0.326 e. The van der Waals surface area contributed by atoms with Crippen LogP contribution in [0.3, 0.4) is 0 Å². The lowest BCUT2D eigenvalue weighted by Gasteiger charge is -2.28. The molecule has 2 saturated carbocycles. The number of hydrogen-bond acceptors (Lipinski definition) is 6. The maximum atomic E-state index is 12.7. The van der Waals surface area contributed by atoms with Gasteiger partial charge in [-0.05, 0) is 30.4 Å². The molecule has 10 heteroatoms. The molecule has 0 unspecified atom stereocenters. The Morgan fingerprint density at radius 3 is 2.37 bits per heavy atom. The number of amides is 3. The molecule has 1 aromatic rings. The van der Waals surface area contributed by atoms with E-state index in [1.807, 2.05) is 0 Å². The fourth-order valence-electron chi connectivity index (χ4n) is 4.79. The summed E-state index contributed by atoms with van der Waals surface area (Å²) >= 11 is 12.6. The van der Waals surface area contributed by atoms with Gasteiger partial charge >= 0.3 is 5.97 Å². The summed E-state index contributed by atoms with van der Waals surface area (Å²) in [5, 5.41) is 1.85. The first-order valence-corrected chi connectivity index (χ1v) is 10.4. The average molecular weight is 455 g/mol. The number of likely N-dealkylation sites (tertiary alicyclic amines) is 1. The van der Waals surface area contributed by atoms with Crippen molar-refractivity contribution in [3.8, 4) is 5.75 Å². The normalized spacial score (nSPS) is 31.6. The zero-order chi connectivity index (χ0) is 21.6. The summed E-state index contributed by atoms with van der Waals surface area (Å²) in [6, 6.07) is 6.69. The van der Waals surface area contributed by atoms with E-state index in [2.05, 4.69) is 5.32 Å². The zero-order valence-electron chi connectivity index (χ0n) is 16.0. The van der Waals surface area contributed by atoms with Gasteiger partial charge < -0.3 is 14.8 Å². The van der Waals surface area contributed by atoms with Gasteiger partial charge in [-0.3, -0.25) is 24.1 Å². The Bertz CT molecular complexity index is 877. The number of alkyl halides is 2.